The number of halogens is 2. The zero-order chi connectivity index (χ0) is 13.2. The molecule has 0 fully saturated rings. The Hall–Kier alpha value is -1.29. The average molecular weight is 309 g/mol. The van der Waals surface area contributed by atoms with Crippen LogP contribution in [0, 0.1) is 0 Å². The molecule has 1 N–H and O–H groups in total. The molecule has 19 heavy (non-hydrogen) atoms. The highest BCUT2D eigenvalue weighted by molar-refractivity contribution is 7.16. The Labute approximate surface area is 125 Å². The first-order valence-corrected chi connectivity index (χ1v) is 7.37. The lowest BCUT2D eigenvalue weighted by atomic mass is 10.2. The van der Waals surface area contributed by atoms with Crippen molar-refractivity contribution in [3.8, 4) is 0 Å². The van der Waals surface area contributed by atoms with E-state index in [1.165, 1.54) is 0 Å². The molecule has 0 saturated heterocycles. The number of nitrogens with one attached hydrogen (secondary N) is 1. The van der Waals surface area contributed by atoms with Gasteiger partial charge in [-0.1, -0.05) is 29.3 Å². The van der Waals surface area contributed by atoms with Crippen LogP contribution in [-0.4, -0.2) is 4.98 Å². The lowest BCUT2D eigenvalue weighted by molar-refractivity contribution is 1.15. The highest BCUT2D eigenvalue weighted by Gasteiger charge is 2.05. The van der Waals surface area contributed by atoms with Gasteiger partial charge in [-0.3, -0.25) is 0 Å². The molecule has 2 nitrogen and oxygen atoms in total. The maximum Gasteiger partial charge on any atom is 0.0813 e. The lowest BCUT2D eigenvalue weighted by Crippen LogP contribution is -2.00. The van der Waals surface area contributed by atoms with Crippen LogP contribution >= 0.6 is 34.5 Å². The summed E-state index contributed by atoms with van der Waals surface area (Å²) < 4.78 is 1.16. The SMILES string of the molecule is Clc1cccc(Cl)c1CNc1ccc2ncsc2c1. The van der Waals surface area contributed by atoms with Gasteiger partial charge in [-0.15, -0.1) is 11.3 Å². The predicted molar refractivity (Wildman–Crippen MR) is 83.4 cm³/mol. The van der Waals surface area contributed by atoms with Gasteiger partial charge in [-0.25, -0.2) is 4.98 Å². The van der Waals surface area contributed by atoms with Crippen molar-refractivity contribution in [1.29, 1.82) is 0 Å². The molecule has 0 amide bonds. The Kier molecular flexibility index (Phi) is 3.60. The maximum absolute atomic E-state index is 6.14. The third kappa shape index (κ3) is 2.68. The van der Waals surface area contributed by atoms with E-state index in [0.717, 1.165) is 21.5 Å². The summed E-state index contributed by atoms with van der Waals surface area (Å²) in [5, 5.41) is 4.69. The van der Waals surface area contributed by atoms with Gasteiger partial charge in [-0.05, 0) is 30.3 Å². The summed E-state index contributed by atoms with van der Waals surface area (Å²) in [4.78, 5) is 4.25. The minimum Gasteiger partial charge on any atom is -0.381 e. The molecule has 0 atom stereocenters. The molecule has 3 rings (SSSR count). The van der Waals surface area contributed by atoms with E-state index in [1.807, 2.05) is 35.8 Å². The van der Waals surface area contributed by atoms with Crippen LogP contribution in [-0.2, 0) is 6.54 Å². The second-order valence-electron chi connectivity index (χ2n) is 4.09. The predicted octanol–water partition coefficient (Wildman–Crippen LogP) is 5.22. The number of hydrogen-bond acceptors (Lipinski definition) is 3. The molecular formula is C14H10Cl2N2S. The van der Waals surface area contributed by atoms with Gasteiger partial charge in [0.2, 0.25) is 0 Å². The van der Waals surface area contributed by atoms with Crippen LogP contribution in [0.3, 0.4) is 0 Å². The summed E-state index contributed by atoms with van der Waals surface area (Å²) in [5.41, 5.74) is 4.81. The van der Waals surface area contributed by atoms with Gasteiger partial charge in [0, 0.05) is 27.8 Å². The topological polar surface area (TPSA) is 24.9 Å². The van der Waals surface area contributed by atoms with Crippen molar-refractivity contribution in [3.63, 3.8) is 0 Å². The third-order valence-corrected chi connectivity index (χ3v) is 4.36. The Bertz CT molecular complexity index is 704. The van der Waals surface area contributed by atoms with E-state index in [1.54, 1.807) is 11.3 Å². The molecule has 0 aliphatic carbocycles. The molecule has 0 bridgehead atoms. The molecule has 5 heteroatoms. The van der Waals surface area contributed by atoms with Crippen molar-refractivity contribution < 1.29 is 0 Å². The highest BCUT2D eigenvalue weighted by Crippen LogP contribution is 2.26. The smallest absolute Gasteiger partial charge is 0.0813 e. The number of thiazole rings is 1. The molecule has 1 heterocycles. The number of aromatic nitrogens is 1. The molecule has 2 aromatic carbocycles. The number of rotatable bonds is 3. The summed E-state index contributed by atoms with van der Waals surface area (Å²) in [7, 11) is 0. The summed E-state index contributed by atoms with van der Waals surface area (Å²) >= 11 is 13.9. The monoisotopic (exact) mass is 308 g/mol. The van der Waals surface area contributed by atoms with Crippen LogP contribution in [0.4, 0.5) is 5.69 Å². The largest absolute Gasteiger partial charge is 0.381 e. The number of anilines is 1. The lowest BCUT2D eigenvalue weighted by Gasteiger charge is -2.09. The summed E-state index contributed by atoms with van der Waals surface area (Å²) in [6, 6.07) is 11.6. The average Bonchev–Trinajstić information content (AvgIpc) is 2.85. The standard InChI is InChI=1S/C14H10Cl2N2S/c15-11-2-1-3-12(16)10(11)7-17-9-4-5-13-14(6-9)19-8-18-13/h1-6,8,17H,7H2. The summed E-state index contributed by atoms with van der Waals surface area (Å²) in [5.74, 6) is 0. The second-order valence-corrected chi connectivity index (χ2v) is 5.79. The number of fused-ring (bicyclic) bond motifs is 1. The summed E-state index contributed by atoms with van der Waals surface area (Å²) in [6.45, 7) is 0.600. The third-order valence-electron chi connectivity index (χ3n) is 2.86. The van der Waals surface area contributed by atoms with Crippen molar-refractivity contribution in [2.75, 3.05) is 5.32 Å². The van der Waals surface area contributed by atoms with E-state index in [2.05, 4.69) is 16.4 Å². The molecule has 0 saturated carbocycles. The van der Waals surface area contributed by atoms with E-state index in [-0.39, 0.29) is 0 Å². The van der Waals surface area contributed by atoms with Gasteiger partial charge < -0.3 is 5.32 Å². The van der Waals surface area contributed by atoms with Gasteiger partial charge in [0.1, 0.15) is 0 Å². The van der Waals surface area contributed by atoms with Gasteiger partial charge in [0.25, 0.3) is 0 Å². The van der Waals surface area contributed by atoms with Crippen LogP contribution < -0.4 is 5.32 Å². The van der Waals surface area contributed by atoms with E-state index >= 15 is 0 Å². The molecule has 0 aliphatic rings. The Morgan fingerprint density at radius 3 is 2.68 bits per heavy atom. The highest BCUT2D eigenvalue weighted by atomic mass is 35.5. The van der Waals surface area contributed by atoms with Gasteiger partial charge in [0.15, 0.2) is 0 Å². The molecule has 0 spiro atoms. The Balaban J connectivity index is 1.82. The van der Waals surface area contributed by atoms with Gasteiger partial charge in [0.05, 0.1) is 15.7 Å². The van der Waals surface area contributed by atoms with E-state index in [4.69, 9.17) is 23.2 Å². The van der Waals surface area contributed by atoms with E-state index in [0.29, 0.717) is 16.6 Å². The van der Waals surface area contributed by atoms with Crippen LogP contribution in [0.5, 0.6) is 0 Å². The second kappa shape index (κ2) is 5.37. The first kappa shape index (κ1) is 12.7. The van der Waals surface area contributed by atoms with E-state index < -0.39 is 0 Å². The fourth-order valence-electron chi connectivity index (χ4n) is 1.86. The fraction of sp³-hybridized carbons (Fsp3) is 0.0714. The number of hydrogen-bond donors (Lipinski definition) is 1. The first-order valence-electron chi connectivity index (χ1n) is 5.74. The van der Waals surface area contributed by atoms with Gasteiger partial charge >= 0.3 is 0 Å². The van der Waals surface area contributed by atoms with Crippen LogP contribution in [0.25, 0.3) is 10.2 Å². The van der Waals surface area contributed by atoms with Crippen molar-refractivity contribution in [2.45, 2.75) is 6.54 Å². The first-order chi connectivity index (χ1) is 9.24. The minimum absolute atomic E-state index is 0.600. The van der Waals surface area contributed by atoms with Crippen molar-refractivity contribution >= 4 is 50.4 Å². The Morgan fingerprint density at radius 1 is 1.11 bits per heavy atom. The number of benzene rings is 2. The normalized spacial score (nSPS) is 10.8. The fourth-order valence-corrected chi connectivity index (χ4v) is 3.10. The zero-order valence-electron chi connectivity index (χ0n) is 9.86. The van der Waals surface area contributed by atoms with Crippen molar-refractivity contribution in [2.24, 2.45) is 0 Å². The molecule has 0 aliphatic heterocycles. The molecule has 3 aromatic rings. The number of nitrogens with zero attached hydrogens (tertiary/aromatic N) is 1. The van der Waals surface area contributed by atoms with Crippen LogP contribution in [0.2, 0.25) is 10.0 Å². The molecule has 96 valence electrons. The quantitative estimate of drug-likeness (QED) is 0.718. The summed E-state index contributed by atoms with van der Waals surface area (Å²) in [6.07, 6.45) is 0. The maximum atomic E-state index is 6.14. The molecule has 1 aromatic heterocycles. The molecular weight excluding hydrogens is 299 g/mol. The molecule has 0 radical (unpaired) electrons. The van der Waals surface area contributed by atoms with Gasteiger partial charge in [-0.2, -0.15) is 0 Å². The Morgan fingerprint density at radius 2 is 1.89 bits per heavy atom. The van der Waals surface area contributed by atoms with Crippen LogP contribution in [0.15, 0.2) is 41.9 Å². The zero-order valence-corrected chi connectivity index (χ0v) is 12.2. The molecule has 0 unspecified atom stereocenters. The van der Waals surface area contributed by atoms with Crippen molar-refractivity contribution in [1.82, 2.24) is 4.98 Å². The van der Waals surface area contributed by atoms with E-state index in [9.17, 15) is 0 Å². The minimum atomic E-state index is 0.600. The van der Waals surface area contributed by atoms with Crippen molar-refractivity contribution in [3.05, 3.63) is 57.5 Å². The van der Waals surface area contributed by atoms with Crippen LogP contribution in [0.1, 0.15) is 5.56 Å².